The average molecular weight is 196 g/mol. The first-order chi connectivity index (χ1) is 6.53. The Bertz CT molecular complexity index is 339. The van der Waals surface area contributed by atoms with E-state index in [1.165, 1.54) is 30.3 Å². The Morgan fingerprint density at radius 1 is 1.29 bits per heavy atom. The molecule has 0 radical (unpaired) electrons. The fourth-order valence-electron chi connectivity index (χ4n) is 0.872. The minimum atomic E-state index is -1.96. The molecule has 0 aliphatic carbocycles. The van der Waals surface area contributed by atoms with Crippen LogP contribution < -0.4 is 0 Å². The second kappa shape index (κ2) is 4.13. The minimum Gasteiger partial charge on any atom is -0.299 e. The molecule has 0 aliphatic heterocycles. The van der Waals surface area contributed by atoms with Crippen molar-refractivity contribution in [1.29, 1.82) is 0 Å². The molecule has 0 spiro atoms. The van der Waals surface area contributed by atoms with E-state index < -0.39 is 5.67 Å². The molecule has 1 rings (SSSR count). The van der Waals surface area contributed by atoms with Gasteiger partial charge in [0.2, 0.25) is 0 Å². The highest BCUT2D eigenvalue weighted by Crippen LogP contribution is 2.12. The molecule has 0 saturated heterocycles. The van der Waals surface area contributed by atoms with Gasteiger partial charge in [0.15, 0.2) is 12.0 Å². The van der Waals surface area contributed by atoms with Gasteiger partial charge in [-0.1, -0.05) is 18.2 Å². The molecule has 0 saturated carbocycles. The van der Waals surface area contributed by atoms with Crippen molar-refractivity contribution < 1.29 is 13.6 Å². The lowest BCUT2D eigenvalue weighted by atomic mass is 10.1. The Morgan fingerprint density at radius 3 is 2.36 bits per heavy atom. The molecular weight excluding hydrogens is 186 g/mol. The first-order valence-electron chi connectivity index (χ1n) is 4.13. The van der Waals surface area contributed by atoms with Crippen LogP contribution in [-0.2, 0) is 4.79 Å². The predicted octanol–water partition coefficient (Wildman–Crippen LogP) is 2.77. The normalized spacial score (nSPS) is 15.4. The van der Waals surface area contributed by atoms with Crippen LogP contribution in [0.15, 0.2) is 30.3 Å². The quantitative estimate of drug-likeness (QED) is 0.679. The number of hydrogen-bond donors (Lipinski definition) is 0. The van der Waals surface area contributed by atoms with Crippen LogP contribution in [0.1, 0.15) is 12.5 Å². The lowest BCUT2D eigenvalue weighted by Crippen LogP contribution is -2.14. The second-order valence-corrected chi connectivity index (χ2v) is 3.15. The summed E-state index contributed by atoms with van der Waals surface area (Å²) in [6.45, 7) is 1.15. The van der Waals surface area contributed by atoms with Gasteiger partial charge >= 0.3 is 0 Å². The number of rotatable bonds is 3. The van der Waals surface area contributed by atoms with Crippen molar-refractivity contribution in [3.8, 4) is 0 Å². The zero-order valence-electron chi connectivity index (χ0n) is 7.71. The molecule has 1 nitrogen and oxygen atoms in total. The van der Waals surface area contributed by atoms with Crippen molar-refractivity contribution in [2.45, 2.75) is 12.6 Å². The third kappa shape index (κ3) is 3.09. The first kappa shape index (κ1) is 10.6. The van der Waals surface area contributed by atoms with E-state index in [4.69, 9.17) is 0 Å². The highest BCUT2D eigenvalue weighted by atomic mass is 19.1. The van der Waals surface area contributed by atoms with Crippen LogP contribution in [0.4, 0.5) is 8.78 Å². The highest BCUT2D eigenvalue weighted by Gasteiger charge is 2.16. The summed E-state index contributed by atoms with van der Waals surface area (Å²) >= 11 is 0. The first-order valence-corrected chi connectivity index (χ1v) is 4.13. The van der Waals surface area contributed by atoms with E-state index in [0.717, 1.165) is 13.0 Å². The summed E-state index contributed by atoms with van der Waals surface area (Å²) in [7, 11) is 0. The van der Waals surface area contributed by atoms with E-state index >= 15 is 0 Å². The maximum Gasteiger partial charge on any atom is 0.181 e. The van der Waals surface area contributed by atoms with E-state index in [0.29, 0.717) is 5.56 Å². The monoisotopic (exact) mass is 196 g/mol. The predicted molar refractivity (Wildman–Crippen MR) is 51.0 cm³/mol. The van der Waals surface area contributed by atoms with Gasteiger partial charge < -0.3 is 0 Å². The zero-order valence-corrected chi connectivity index (χ0v) is 7.71. The van der Waals surface area contributed by atoms with E-state index in [1.807, 2.05) is 0 Å². The third-order valence-electron chi connectivity index (χ3n) is 1.70. The number of halogens is 2. The molecule has 0 N–H and O–H groups in total. The van der Waals surface area contributed by atoms with Gasteiger partial charge in [0, 0.05) is 0 Å². The third-order valence-corrected chi connectivity index (χ3v) is 1.70. The molecule has 0 bridgehead atoms. The van der Waals surface area contributed by atoms with Gasteiger partial charge in [0.25, 0.3) is 0 Å². The molecule has 0 amide bonds. The topological polar surface area (TPSA) is 17.1 Å². The van der Waals surface area contributed by atoms with Gasteiger partial charge in [0.1, 0.15) is 5.82 Å². The number of hydrogen-bond acceptors (Lipinski definition) is 1. The van der Waals surface area contributed by atoms with Gasteiger partial charge in [-0.05, 0) is 30.7 Å². The number of benzene rings is 1. The van der Waals surface area contributed by atoms with Crippen molar-refractivity contribution in [1.82, 2.24) is 0 Å². The lowest BCUT2D eigenvalue weighted by Gasteiger charge is -2.04. The van der Waals surface area contributed by atoms with Crippen molar-refractivity contribution in [2.75, 3.05) is 0 Å². The smallest absolute Gasteiger partial charge is 0.181 e. The summed E-state index contributed by atoms with van der Waals surface area (Å²) in [6, 6.07) is 5.56. The largest absolute Gasteiger partial charge is 0.299 e. The Labute approximate surface area is 81.1 Å². The summed E-state index contributed by atoms with van der Waals surface area (Å²) in [5, 5.41) is 0. The molecule has 3 heteroatoms. The SMILES string of the molecule is C[C@](F)(C=O)/C=C/c1ccc(F)cc1. The van der Waals surface area contributed by atoms with Crippen LogP contribution in [0.2, 0.25) is 0 Å². The number of carbonyl (C=O) groups is 1. The molecule has 0 unspecified atom stereocenters. The molecule has 1 aromatic carbocycles. The van der Waals surface area contributed by atoms with E-state index in [2.05, 4.69) is 0 Å². The van der Waals surface area contributed by atoms with Crippen LogP contribution in [0, 0.1) is 5.82 Å². The van der Waals surface area contributed by atoms with Gasteiger partial charge in [-0.2, -0.15) is 0 Å². The minimum absolute atomic E-state index is 0.215. The number of aldehydes is 1. The Balaban J connectivity index is 2.78. The summed E-state index contributed by atoms with van der Waals surface area (Å²) < 4.78 is 25.5. The molecule has 14 heavy (non-hydrogen) atoms. The molecule has 0 heterocycles. The average Bonchev–Trinajstić information content (AvgIpc) is 2.17. The van der Waals surface area contributed by atoms with Crippen LogP contribution >= 0.6 is 0 Å². The van der Waals surface area contributed by atoms with E-state index in [1.54, 1.807) is 0 Å². The van der Waals surface area contributed by atoms with Gasteiger partial charge in [-0.15, -0.1) is 0 Å². The van der Waals surface area contributed by atoms with Crippen LogP contribution in [0.25, 0.3) is 6.08 Å². The summed E-state index contributed by atoms with van der Waals surface area (Å²) in [6.07, 6.45) is 2.79. The molecule has 0 aromatic heterocycles. The Kier molecular flexibility index (Phi) is 3.12. The second-order valence-electron chi connectivity index (χ2n) is 3.15. The molecular formula is C11H10F2O. The number of allylic oxidation sites excluding steroid dienone is 1. The molecule has 0 aliphatic rings. The number of alkyl halides is 1. The van der Waals surface area contributed by atoms with Crippen molar-refractivity contribution in [3.05, 3.63) is 41.7 Å². The van der Waals surface area contributed by atoms with Crippen molar-refractivity contribution in [3.63, 3.8) is 0 Å². The maximum atomic E-state index is 13.1. The number of carbonyl (C=O) groups excluding carboxylic acids is 1. The lowest BCUT2D eigenvalue weighted by molar-refractivity contribution is -0.114. The molecule has 0 fully saturated rings. The Morgan fingerprint density at radius 2 is 1.86 bits per heavy atom. The van der Waals surface area contributed by atoms with E-state index in [-0.39, 0.29) is 12.1 Å². The standard InChI is InChI=1S/C11H10F2O/c1-11(13,8-14)7-6-9-2-4-10(12)5-3-9/h2-8H,1H3/b7-6+/t11-/m1/s1. The van der Waals surface area contributed by atoms with Gasteiger partial charge in [0.05, 0.1) is 0 Å². The molecule has 1 aromatic rings. The highest BCUT2D eigenvalue weighted by molar-refractivity contribution is 5.68. The van der Waals surface area contributed by atoms with Crippen LogP contribution in [0.3, 0.4) is 0 Å². The van der Waals surface area contributed by atoms with Gasteiger partial charge in [-0.25, -0.2) is 8.78 Å². The van der Waals surface area contributed by atoms with E-state index in [9.17, 15) is 13.6 Å². The zero-order chi connectivity index (χ0) is 10.6. The van der Waals surface area contributed by atoms with Crippen LogP contribution in [0.5, 0.6) is 0 Å². The van der Waals surface area contributed by atoms with Gasteiger partial charge in [-0.3, -0.25) is 4.79 Å². The fraction of sp³-hybridized carbons (Fsp3) is 0.182. The molecule has 1 atom stereocenters. The summed E-state index contributed by atoms with van der Waals surface area (Å²) in [5.41, 5.74) is -1.31. The van der Waals surface area contributed by atoms with Crippen LogP contribution in [-0.4, -0.2) is 12.0 Å². The maximum absolute atomic E-state index is 13.1. The molecule has 74 valence electrons. The fourth-order valence-corrected chi connectivity index (χ4v) is 0.872. The van der Waals surface area contributed by atoms with Crippen molar-refractivity contribution >= 4 is 12.4 Å². The summed E-state index contributed by atoms with van der Waals surface area (Å²) in [4.78, 5) is 10.2. The Hall–Kier alpha value is -1.51. The van der Waals surface area contributed by atoms with Crippen molar-refractivity contribution in [2.24, 2.45) is 0 Å². The summed E-state index contributed by atoms with van der Waals surface area (Å²) in [5.74, 6) is -0.347.